The Morgan fingerprint density at radius 3 is 2.43 bits per heavy atom. The van der Waals surface area contributed by atoms with Gasteiger partial charge in [-0.25, -0.2) is 0 Å². The fourth-order valence-corrected chi connectivity index (χ4v) is 2.51. The number of piperidine rings is 1. The molecule has 1 rings (SSSR count). The van der Waals surface area contributed by atoms with Gasteiger partial charge in [0.25, 0.3) is 0 Å². The molecule has 0 saturated carbocycles. The van der Waals surface area contributed by atoms with E-state index in [2.05, 4.69) is 39.5 Å². The van der Waals surface area contributed by atoms with Crippen molar-refractivity contribution in [2.24, 2.45) is 11.8 Å². The van der Waals surface area contributed by atoms with Gasteiger partial charge >= 0.3 is 0 Å². The number of rotatable bonds is 2. The third kappa shape index (κ3) is 2.98. The van der Waals surface area contributed by atoms with E-state index in [0.717, 1.165) is 11.8 Å². The summed E-state index contributed by atoms with van der Waals surface area (Å²) in [4.78, 5) is 2.66. The summed E-state index contributed by atoms with van der Waals surface area (Å²) in [5.74, 6) is 1.88. The monoisotopic (exact) mass is 197 g/mol. The molecule has 1 fully saturated rings. The van der Waals surface area contributed by atoms with Crippen LogP contribution < -0.4 is 0 Å². The molecule has 0 amide bonds. The Morgan fingerprint density at radius 1 is 1.29 bits per heavy atom. The van der Waals surface area contributed by atoms with E-state index in [9.17, 15) is 0 Å². The molecule has 1 saturated heterocycles. The summed E-state index contributed by atoms with van der Waals surface area (Å²) in [6.07, 6.45) is 4.14. The van der Waals surface area contributed by atoms with E-state index >= 15 is 0 Å². The van der Waals surface area contributed by atoms with Crippen molar-refractivity contribution in [2.75, 3.05) is 13.1 Å². The summed E-state index contributed by atoms with van der Waals surface area (Å²) in [6.45, 7) is 14.4. The van der Waals surface area contributed by atoms with E-state index in [0.29, 0.717) is 5.54 Å². The molecule has 1 nitrogen and oxygen atoms in total. The number of hydrogen-bond donors (Lipinski definition) is 0. The summed E-state index contributed by atoms with van der Waals surface area (Å²) in [7, 11) is 0. The van der Waals surface area contributed by atoms with Crippen LogP contribution in [0.25, 0.3) is 0 Å². The van der Waals surface area contributed by atoms with Crippen LogP contribution in [0.4, 0.5) is 0 Å². The highest BCUT2D eigenvalue weighted by Gasteiger charge is 2.30. The zero-order valence-corrected chi connectivity index (χ0v) is 10.6. The van der Waals surface area contributed by atoms with Crippen molar-refractivity contribution in [3.8, 4) is 0 Å². The minimum absolute atomic E-state index is 0.367. The predicted octanol–water partition coefficient (Wildman–Crippen LogP) is 3.54. The second kappa shape index (κ2) is 4.65. The molecule has 1 aliphatic rings. The fourth-order valence-electron chi connectivity index (χ4n) is 2.51. The lowest BCUT2D eigenvalue weighted by Crippen LogP contribution is -2.49. The number of nitrogens with zero attached hydrogens (tertiary/aromatic N) is 1. The summed E-state index contributed by atoms with van der Waals surface area (Å²) >= 11 is 0. The zero-order chi connectivity index (χ0) is 10.8. The van der Waals surface area contributed by atoms with Crippen molar-refractivity contribution in [3.05, 3.63) is 0 Å². The van der Waals surface area contributed by atoms with Crippen molar-refractivity contribution < 1.29 is 0 Å². The molecule has 0 aliphatic carbocycles. The summed E-state index contributed by atoms with van der Waals surface area (Å²) in [6, 6.07) is 0. The average Bonchev–Trinajstić information content (AvgIpc) is 2.07. The van der Waals surface area contributed by atoms with Crippen LogP contribution >= 0.6 is 0 Å². The molecule has 0 bridgehead atoms. The third-order valence-corrected chi connectivity index (χ3v) is 3.72. The van der Waals surface area contributed by atoms with E-state index in [1.54, 1.807) is 0 Å². The molecule has 0 N–H and O–H groups in total. The summed E-state index contributed by atoms with van der Waals surface area (Å²) in [5, 5.41) is 0. The molecule has 14 heavy (non-hydrogen) atoms. The smallest absolute Gasteiger partial charge is 0.0125 e. The van der Waals surface area contributed by atoms with Gasteiger partial charge < -0.3 is 0 Å². The van der Waals surface area contributed by atoms with Gasteiger partial charge in [0, 0.05) is 12.1 Å². The summed E-state index contributed by atoms with van der Waals surface area (Å²) in [5.41, 5.74) is 0.367. The van der Waals surface area contributed by atoms with Crippen molar-refractivity contribution in [1.29, 1.82) is 0 Å². The van der Waals surface area contributed by atoms with Gasteiger partial charge in [-0.05, 0) is 52.0 Å². The number of hydrogen-bond acceptors (Lipinski definition) is 1. The maximum absolute atomic E-state index is 2.66. The molecule has 84 valence electrons. The van der Waals surface area contributed by atoms with Crippen LogP contribution in [0.15, 0.2) is 0 Å². The molecule has 0 aromatic heterocycles. The van der Waals surface area contributed by atoms with Crippen LogP contribution in [-0.2, 0) is 0 Å². The molecule has 1 heteroatoms. The van der Waals surface area contributed by atoms with Crippen LogP contribution in [0.1, 0.15) is 53.9 Å². The quantitative estimate of drug-likeness (QED) is 0.654. The minimum atomic E-state index is 0.367. The van der Waals surface area contributed by atoms with E-state index < -0.39 is 0 Å². The molecule has 2 atom stereocenters. The van der Waals surface area contributed by atoms with Crippen LogP contribution in [-0.4, -0.2) is 23.5 Å². The Hall–Kier alpha value is -0.0400. The molecule has 0 spiro atoms. The lowest BCUT2D eigenvalue weighted by molar-refractivity contribution is 0.0484. The van der Waals surface area contributed by atoms with Crippen LogP contribution in [0.2, 0.25) is 0 Å². The van der Waals surface area contributed by atoms with E-state index in [1.165, 1.54) is 32.4 Å². The fraction of sp³-hybridized carbons (Fsp3) is 1.00. The van der Waals surface area contributed by atoms with Crippen molar-refractivity contribution in [1.82, 2.24) is 4.90 Å². The lowest BCUT2D eigenvalue weighted by atomic mass is 9.82. The highest BCUT2D eigenvalue weighted by molar-refractivity contribution is 4.84. The largest absolute Gasteiger partial charge is 0.298 e. The Bertz CT molecular complexity index is 169. The number of likely N-dealkylation sites (tertiary alicyclic amines) is 1. The lowest BCUT2D eigenvalue weighted by Gasteiger charge is -2.44. The predicted molar refractivity (Wildman–Crippen MR) is 63.5 cm³/mol. The molecule has 0 aromatic carbocycles. The highest BCUT2D eigenvalue weighted by atomic mass is 15.2. The van der Waals surface area contributed by atoms with Gasteiger partial charge in [0.1, 0.15) is 0 Å². The van der Waals surface area contributed by atoms with E-state index in [1.807, 2.05) is 0 Å². The van der Waals surface area contributed by atoms with Crippen molar-refractivity contribution >= 4 is 0 Å². The first-order valence-electron chi connectivity index (χ1n) is 6.20. The Balaban J connectivity index is 2.53. The van der Waals surface area contributed by atoms with Crippen LogP contribution in [0, 0.1) is 11.8 Å². The normalized spacial score (nSPS) is 30.6. The minimum Gasteiger partial charge on any atom is -0.298 e. The first kappa shape index (κ1) is 12.0. The molecule has 2 unspecified atom stereocenters. The summed E-state index contributed by atoms with van der Waals surface area (Å²) < 4.78 is 0. The average molecular weight is 197 g/mol. The van der Waals surface area contributed by atoms with Crippen molar-refractivity contribution in [2.45, 2.75) is 59.4 Å². The third-order valence-electron chi connectivity index (χ3n) is 3.72. The first-order valence-corrected chi connectivity index (χ1v) is 6.20. The zero-order valence-electron chi connectivity index (χ0n) is 10.6. The molecule has 0 aromatic rings. The van der Waals surface area contributed by atoms with Gasteiger partial charge in [-0.3, -0.25) is 4.90 Å². The van der Waals surface area contributed by atoms with Gasteiger partial charge in [0.2, 0.25) is 0 Å². The molecule has 1 aliphatic heterocycles. The first-order chi connectivity index (χ1) is 6.45. The van der Waals surface area contributed by atoms with Crippen LogP contribution in [0.5, 0.6) is 0 Å². The molecule has 1 heterocycles. The topological polar surface area (TPSA) is 3.24 Å². The van der Waals surface area contributed by atoms with Gasteiger partial charge in [0.15, 0.2) is 0 Å². The van der Waals surface area contributed by atoms with Gasteiger partial charge in [-0.15, -0.1) is 0 Å². The second-order valence-electron chi connectivity index (χ2n) is 5.93. The maximum Gasteiger partial charge on any atom is 0.0125 e. The van der Waals surface area contributed by atoms with Crippen LogP contribution in [0.3, 0.4) is 0 Å². The Labute approximate surface area is 89.9 Å². The second-order valence-corrected chi connectivity index (χ2v) is 5.93. The van der Waals surface area contributed by atoms with Gasteiger partial charge in [-0.2, -0.15) is 0 Å². The van der Waals surface area contributed by atoms with Crippen molar-refractivity contribution in [3.63, 3.8) is 0 Å². The SMILES string of the molecule is CCCC1CN(C(C)(C)C)CCC1C. The Kier molecular flexibility index (Phi) is 4.00. The standard InChI is InChI=1S/C13H27N/c1-6-7-12-10-14(13(3,4)5)9-8-11(12)2/h11-12H,6-10H2,1-5H3. The van der Waals surface area contributed by atoms with E-state index in [-0.39, 0.29) is 0 Å². The van der Waals surface area contributed by atoms with E-state index in [4.69, 9.17) is 0 Å². The molecular weight excluding hydrogens is 170 g/mol. The Morgan fingerprint density at radius 2 is 1.93 bits per heavy atom. The molecular formula is C13H27N. The van der Waals surface area contributed by atoms with Gasteiger partial charge in [-0.1, -0.05) is 20.3 Å². The maximum atomic E-state index is 2.66. The molecule has 0 radical (unpaired) electrons. The van der Waals surface area contributed by atoms with Gasteiger partial charge in [0.05, 0.1) is 0 Å². The highest BCUT2D eigenvalue weighted by Crippen LogP contribution is 2.30.